The summed E-state index contributed by atoms with van der Waals surface area (Å²) in [6.07, 6.45) is 0. The molecule has 0 unspecified atom stereocenters. The Hall–Kier alpha value is -1.73. The highest BCUT2D eigenvalue weighted by Gasteiger charge is 2.17. The second-order valence-corrected chi connectivity index (χ2v) is 4.18. The van der Waals surface area contributed by atoms with Gasteiger partial charge >= 0.3 is 0 Å². The first kappa shape index (κ1) is 9.81. The summed E-state index contributed by atoms with van der Waals surface area (Å²) in [7, 11) is 1.87. The highest BCUT2D eigenvalue weighted by molar-refractivity contribution is 8.17. The third-order valence-corrected chi connectivity index (χ3v) is 3.09. The van der Waals surface area contributed by atoms with E-state index in [1.165, 1.54) is 11.8 Å². The zero-order chi connectivity index (χ0) is 10.8. The monoisotopic (exact) mass is 215 g/mol. The Bertz CT molecular complexity index is 468. The third kappa shape index (κ3) is 1.88. The molecule has 0 aromatic heterocycles. The molecule has 0 bridgehead atoms. The summed E-state index contributed by atoms with van der Waals surface area (Å²) in [5, 5.41) is 16.6. The minimum Gasteiger partial charge on any atom is -0.261 e. The highest BCUT2D eigenvalue weighted by Crippen LogP contribution is 2.30. The summed E-state index contributed by atoms with van der Waals surface area (Å²) in [5.41, 5.74) is 1.68. The number of benzene rings is 1. The fourth-order valence-corrected chi connectivity index (χ4v) is 2.01. The molecule has 1 aromatic carbocycles. The van der Waals surface area contributed by atoms with Crippen molar-refractivity contribution in [3.8, 4) is 6.07 Å². The van der Waals surface area contributed by atoms with Gasteiger partial charge in [0.25, 0.3) is 0 Å². The van der Waals surface area contributed by atoms with Crippen LogP contribution in [0.25, 0.3) is 0 Å². The molecule has 0 aliphatic carbocycles. The number of hydrogen-bond donors (Lipinski definition) is 0. The Morgan fingerprint density at radius 2 is 2.07 bits per heavy atom. The SMILES string of the molecule is C=C1SC(c2ccc(C#N)cc2)=NN1C. The normalized spacial score (nSPS) is 15.1. The summed E-state index contributed by atoms with van der Waals surface area (Å²) in [6.45, 7) is 3.87. The summed E-state index contributed by atoms with van der Waals surface area (Å²) in [6, 6.07) is 9.47. The van der Waals surface area contributed by atoms with Gasteiger partial charge in [0, 0.05) is 12.6 Å². The second kappa shape index (κ2) is 3.79. The predicted molar refractivity (Wildman–Crippen MR) is 62.2 cm³/mol. The first-order chi connectivity index (χ1) is 7.20. The maximum absolute atomic E-state index is 8.67. The fraction of sp³-hybridized carbons (Fsp3) is 0.0909. The molecule has 15 heavy (non-hydrogen) atoms. The van der Waals surface area contributed by atoms with Crippen LogP contribution in [-0.2, 0) is 0 Å². The largest absolute Gasteiger partial charge is 0.261 e. The highest BCUT2D eigenvalue weighted by atomic mass is 32.2. The quantitative estimate of drug-likeness (QED) is 0.722. The van der Waals surface area contributed by atoms with Crippen molar-refractivity contribution in [1.29, 1.82) is 5.26 Å². The molecular weight excluding hydrogens is 206 g/mol. The van der Waals surface area contributed by atoms with Gasteiger partial charge in [-0.05, 0) is 23.9 Å². The molecule has 0 radical (unpaired) electrons. The van der Waals surface area contributed by atoms with Crippen LogP contribution in [0.4, 0.5) is 0 Å². The smallest absolute Gasteiger partial charge is 0.130 e. The van der Waals surface area contributed by atoms with Crippen molar-refractivity contribution in [2.45, 2.75) is 0 Å². The Balaban J connectivity index is 2.29. The van der Waals surface area contributed by atoms with E-state index in [0.29, 0.717) is 5.56 Å². The van der Waals surface area contributed by atoms with E-state index >= 15 is 0 Å². The van der Waals surface area contributed by atoms with Gasteiger partial charge in [-0.25, -0.2) is 0 Å². The molecule has 1 heterocycles. The molecule has 0 spiro atoms. The van der Waals surface area contributed by atoms with Gasteiger partial charge in [-0.2, -0.15) is 10.4 Å². The molecule has 0 N–H and O–H groups in total. The van der Waals surface area contributed by atoms with Crippen LogP contribution in [-0.4, -0.2) is 17.1 Å². The molecule has 0 saturated heterocycles. The summed E-state index contributed by atoms with van der Waals surface area (Å²) in [5.74, 6) is 0. The van der Waals surface area contributed by atoms with Crippen LogP contribution < -0.4 is 0 Å². The van der Waals surface area contributed by atoms with Crippen molar-refractivity contribution in [1.82, 2.24) is 5.01 Å². The van der Waals surface area contributed by atoms with Crippen LogP contribution in [0.3, 0.4) is 0 Å². The van der Waals surface area contributed by atoms with Crippen molar-refractivity contribution < 1.29 is 0 Å². The van der Waals surface area contributed by atoms with Gasteiger partial charge < -0.3 is 0 Å². The third-order valence-electron chi connectivity index (χ3n) is 2.08. The van der Waals surface area contributed by atoms with Gasteiger partial charge in [0.2, 0.25) is 0 Å². The lowest BCUT2D eigenvalue weighted by molar-refractivity contribution is 0.489. The van der Waals surface area contributed by atoms with E-state index in [1.54, 1.807) is 17.1 Å². The first-order valence-electron chi connectivity index (χ1n) is 4.40. The molecule has 1 aliphatic rings. The molecule has 3 nitrogen and oxygen atoms in total. The van der Waals surface area contributed by atoms with Gasteiger partial charge in [0.1, 0.15) is 5.04 Å². The number of hydrazone groups is 1. The van der Waals surface area contributed by atoms with Crippen LogP contribution in [0.1, 0.15) is 11.1 Å². The zero-order valence-electron chi connectivity index (χ0n) is 8.27. The van der Waals surface area contributed by atoms with Gasteiger partial charge in [-0.15, -0.1) is 0 Å². The van der Waals surface area contributed by atoms with Crippen molar-refractivity contribution in [2.75, 3.05) is 7.05 Å². The molecule has 0 amide bonds. The minimum atomic E-state index is 0.662. The van der Waals surface area contributed by atoms with Crippen molar-refractivity contribution >= 4 is 16.8 Å². The van der Waals surface area contributed by atoms with E-state index in [-0.39, 0.29) is 0 Å². The lowest BCUT2D eigenvalue weighted by Gasteiger charge is -2.02. The molecule has 0 fully saturated rings. The maximum Gasteiger partial charge on any atom is 0.130 e. The Kier molecular flexibility index (Phi) is 2.48. The van der Waals surface area contributed by atoms with Gasteiger partial charge in [-0.1, -0.05) is 18.7 Å². The zero-order valence-corrected chi connectivity index (χ0v) is 9.08. The molecule has 0 saturated carbocycles. The Morgan fingerprint density at radius 3 is 2.53 bits per heavy atom. The number of nitriles is 1. The summed E-state index contributed by atoms with van der Waals surface area (Å²) in [4.78, 5) is 0. The molecule has 0 atom stereocenters. The van der Waals surface area contributed by atoms with E-state index in [4.69, 9.17) is 5.26 Å². The van der Waals surface area contributed by atoms with E-state index in [0.717, 1.165) is 15.6 Å². The summed E-state index contributed by atoms with van der Waals surface area (Å²) >= 11 is 1.54. The molecular formula is C11H9N3S. The van der Waals surface area contributed by atoms with Gasteiger partial charge in [-0.3, -0.25) is 5.01 Å². The number of rotatable bonds is 1. The van der Waals surface area contributed by atoms with Crippen molar-refractivity contribution in [2.24, 2.45) is 5.10 Å². The van der Waals surface area contributed by atoms with E-state index < -0.39 is 0 Å². The topological polar surface area (TPSA) is 39.4 Å². The number of hydrogen-bond acceptors (Lipinski definition) is 4. The molecule has 4 heteroatoms. The molecule has 1 aromatic rings. The van der Waals surface area contributed by atoms with Crippen LogP contribution >= 0.6 is 11.8 Å². The fourth-order valence-electron chi connectivity index (χ4n) is 1.19. The van der Waals surface area contributed by atoms with E-state index in [9.17, 15) is 0 Å². The molecule has 1 aliphatic heterocycles. The van der Waals surface area contributed by atoms with Crippen LogP contribution in [0.2, 0.25) is 0 Å². The van der Waals surface area contributed by atoms with E-state index in [2.05, 4.69) is 17.7 Å². The maximum atomic E-state index is 8.67. The van der Waals surface area contributed by atoms with Gasteiger partial charge in [0.15, 0.2) is 0 Å². The second-order valence-electron chi connectivity index (χ2n) is 3.11. The minimum absolute atomic E-state index is 0.662. The van der Waals surface area contributed by atoms with Gasteiger partial charge in [0.05, 0.1) is 16.7 Å². The lowest BCUT2D eigenvalue weighted by Crippen LogP contribution is -2.00. The predicted octanol–water partition coefficient (Wildman–Crippen LogP) is 2.37. The summed E-state index contributed by atoms with van der Waals surface area (Å²) < 4.78 is 0. The molecule has 74 valence electrons. The van der Waals surface area contributed by atoms with E-state index in [1.807, 2.05) is 19.2 Å². The average molecular weight is 215 g/mol. The average Bonchev–Trinajstić information content (AvgIpc) is 2.59. The Labute approximate surface area is 92.7 Å². The Morgan fingerprint density at radius 1 is 1.40 bits per heavy atom. The van der Waals surface area contributed by atoms with Crippen LogP contribution in [0.15, 0.2) is 41.0 Å². The first-order valence-corrected chi connectivity index (χ1v) is 5.22. The van der Waals surface area contributed by atoms with Crippen molar-refractivity contribution in [3.05, 3.63) is 47.0 Å². The van der Waals surface area contributed by atoms with Crippen molar-refractivity contribution in [3.63, 3.8) is 0 Å². The standard InChI is InChI=1S/C11H9N3S/c1-8-14(2)13-11(15-8)10-5-3-9(7-12)4-6-10/h3-6H,1H2,2H3. The number of nitrogens with zero attached hydrogens (tertiary/aromatic N) is 3. The lowest BCUT2D eigenvalue weighted by atomic mass is 10.2. The van der Waals surface area contributed by atoms with Crippen LogP contribution in [0.5, 0.6) is 0 Å². The van der Waals surface area contributed by atoms with Crippen LogP contribution in [0, 0.1) is 11.3 Å². The number of thioether (sulfide) groups is 1. The molecule has 2 rings (SSSR count).